The molecule has 3 heteroatoms. The highest BCUT2D eigenvalue weighted by Crippen LogP contribution is 2.37. The van der Waals surface area contributed by atoms with Gasteiger partial charge < -0.3 is 11.1 Å². The van der Waals surface area contributed by atoms with E-state index in [-0.39, 0.29) is 11.8 Å². The van der Waals surface area contributed by atoms with Crippen LogP contribution in [-0.4, -0.2) is 19.0 Å². The van der Waals surface area contributed by atoms with Gasteiger partial charge in [0, 0.05) is 12.5 Å². The Bertz CT molecular complexity index is 284. The summed E-state index contributed by atoms with van der Waals surface area (Å²) in [5.74, 6) is 1.06. The molecule has 2 aliphatic carbocycles. The van der Waals surface area contributed by atoms with Crippen LogP contribution in [-0.2, 0) is 4.79 Å². The number of hydrogen-bond acceptors (Lipinski definition) is 2. The highest BCUT2D eigenvalue weighted by Gasteiger charge is 2.31. The fraction of sp³-hybridized carbons (Fsp3) is 0.933. The summed E-state index contributed by atoms with van der Waals surface area (Å²) in [5, 5.41) is 3.20. The molecule has 2 rings (SSSR count). The summed E-state index contributed by atoms with van der Waals surface area (Å²) >= 11 is 0. The Hall–Kier alpha value is -0.570. The molecule has 2 saturated carbocycles. The summed E-state index contributed by atoms with van der Waals surface area (Å²) in [5.41, 5.74) is 6.09. The Morgan fingerprint density at radius 1 is 1.28 bits per heavy atom. The van der Waals surface area contributed by atoms with Crippen LogP contribution in [0.4, 0.5) is 0 Å². The van der Waals surface area contributed by atoms with E-state index in [1.807, 2.05) is 0 Å². The normalized spacial score (nSPS) is 31.2. The van der Waals surface area contributed by atoms with Crippen molar-refractivity contribution in [3.8, 4) is 0 Å². The standard InChI is InChI=1S/C15H28N2O/c1-15(7-2-3-8-15)11-17-14(18)13-6-4-5-12(9-13)10-16/h12-13H,2-11,16H2,1H3,(H,17,18). The van der Waals surface area contributed by atoms with Crippen LogP contribution in [0.15, 0.2) is 0 Å². The molecule has 0 spiro atoms. The fourth-order valence-corrected chi connectivity index (χ4v) is 3.59. The predicted molar refractivity (Wildman–Crippen MR) is 74.1 cm³/mol. The number of hydrogen-bond donors (Lipinski definition) is 2. The molecule has 0 aromatic heterocycles. The largest absolute Gasteiger partial charge is 0.355 e. The number of rotatable bonds is 4. The lowest BCUT2D eigenvalue weighted by atomic mass is 9.80. The first-order chi connectivity index (χ1) is 8.63. The summed E-state index contributed by atoms with van der Waals surface area (Å²) < 4.78 is 0. The average Bonchev–Trinajstić information content (AvgIpc) is 2.83. The minimum absolute atomic E-state index is 0.220. The summed E-state index contributed by atoms with van der Waals surface area (Å²) in [4.78, 5) is 12.2. The van der Waals surface area contributed by atoms with Gasteiger partial charge >= 0.3 is 0 Å². The molecule has 0 bridgehead atoms. The summed E-state index contributed by atoms with van der Waals surface area (Å²) in [7, 11) is 0. The van der Waals surface area contributed by atoms with Crippen molar-refractivity contribution in [2.45, 2.75) is 58.3 Å². The van der Waals surface area contributed by atoms with E-state index in [1.165, 1.54) is 32.1 Å². The Kier molecular flexibility index (Phi) is 4.66. The monoisotopic (exact) mass is 252 g/mol. The SMILES string of the molecule is CC1(CNC(=O)C2CCCC(CN)C2)CCCC1. The van der Waals surface area contributed by atoms with Gasteiger partial charge in [0.15, 0.2) is 0 Å². The van der Waals surface area contributed by atoms with Crippen molar-refractivity contribution in [1.29, 1.82) is 0 Å². The van der Waals surface area contributed by atoms with Gasteiger partial charge in [0.25, 0.3) is 0 Å². The fourth-order valence-electron chi connectivity index (χ4n) is 3.59. The summed E-state index contributed by atoms with van der Waals surface area (Å²) in [6.07, 6.45) is 9.61. The minimum Gasteiger partial charge on any atom is -0.355 e. The molecule has 2 atom stereocenters. The number of carbonyl (C=O) groups is 1. The van der Waals surface area contributed by atoms with Crippen molar-refractivity contribution >= 4 is 5.91 Å². The Morgan fingerprint density at radius 3 is 2.67 bits per heavy atom. The van der Waals surface area contributed by atoms with Gasteiger partial charge in [0.05, 0.1) is 0 Å². The third kappa shape index (κ3) is 3.47. The Balaban J connectivity index is 1.77. The van der Waals surface area contributed by atoms with Crippen LogP contribution in [0.3, 0.4) is 0 Å². The van der Waals surface area contributed by atoms with Gasteiger partial charge in [-0.25, -0.2) is 0 Å². The van der Waals surface area contributed by atoms with Gasteiger partial charge in [-0.1, -0.05) is 26.2 Å². The van der Waals surface area contributed by atoms with E-state index in [2.05, 4.69) is 12.2 Å². The topological polar surface area (TPSA) is 55.1 Å². The first kappa shape index (κ1) is 13.9. The molecule has 104 valence electrons. The molecule has 0 heterocycles. The van der Waals surface area contributed by atoms with Crippen LogP contribution in [0.5, 0.6) is 0 Å². The Morgan fingerprint density at radius 2 is 2.00 bits per heavy atom. The van der Waals surface area contributed by atoms with Gasteiger partial charge in [-0.05, 0) is 50.0 Å². The molecule has 1 amide bonds. The lowest BCUT2D eigenvalue weighted by Gasteiger charge is -2.29. The third-order valence-corrected chi connectivity index (χ3v) is 4.99. The molecule has 3 N–H and O–H groups in total. The maximum Gasteiger partial charge on any atom is 0.223 e. The molecule has 18 heavy (non-hydrogen) atoms. The third-order valence-electron chi connectivity index (χ3n) is 4.99. The zero-order valence-electron chi connectivity index (χ0n) is 11.7. The van der Waals surface area contributed by atoms with Crippen molar-refractivity contribution in [2.24, 2.45) is 23.0 Å². The van der Waals surface area contributed by atoms with Crippen LogP contribution in [0.2, 0.25) is 0 Å². The van der Waals surface area contributed by atoms with Crippen LogP contribution >= 0.6 is 0 Å². The molecular formula is C15H28N2O. The lowest BCUT2D eigenvalue weighted by Crippen LogP contribution is -2.40. The molecule has 3 nitrogen and oxygen atoms in total. The maximum atomic E-state index is 12.2. The lowest BCUT2D eigenvalue weighted by molar-refractivity contribution is -0.126. The predicted octanol–water partition coefficient (Wildman–Crippen LogP) is 2.45. The molecule has 0 aromatic carbocycles. The molecule has 2 unspecified atom stereocenters. The van der Waals surface area contributed by atoms with E-state index in [9.17, 15) is 4.79 Å². The van der Waals surface area contributed by atoms with Gasteiger partial charge in [-0.2, -0.15) is 0 Å². The quantitative estimate of drug-likeness (QED) is 0.807. The molecule has 0 saturated heterocycles. The van der Waals surface area contributed by atoms with E-state index in [0.29, 0.717) is 11.3 Å². The van der Waals surface area contributed by atoms with Crippen molar-refractivity contribution in [2.75, 3.05) is 13.1 Å². The molecule has 0 radical (unpaired) electrons. The average molecular weight is 252 g/mol. The van der Waals surface area contributed by atoms with Gasteiger partial charge in [-0.15, -0.1) is 0 Å². The zero-order valence-corrected chi connectivity index (χ0v) is 11.7. The zero-order chi connectivity index (χ0) is 13.0. The first-order valence-corrected chi connectivity index (χ1v) is 7.61. The van der Waals surface area contributed by atoms with Crippen molar-refractivity contribution in [3.63, 3.8) is 0 Å². The molecule has 0 aromatic rings. The number of amides is 1. The van der Waals surface area contributed by atoms with Crippen LogP contribution in [0.25, 0.3) is 0 Å². The minimum atomic E-state index is 0.220. The summed E-state index contributed by atoms with van der Waals surface area (Å²) in [6.45, 7) is 3.92. The molecule has 0 aliphatic heterocycles. The number of nitrogens with two attached hydrogens (primary N) is 1. The van der Waals surface area contributed by atoms with E-state index in [4.69, 9.17) is 5.73 Å². The van der Waals surface area contributed by atoms with E-state index in [1.54, 1.807) is 0 Å². The molecular weight excluding hydrogens is 224 g/mol. The van der Waals surface area contributed by atoms with Gasteiger partial charge in [-0.3, -0.25) is 4.79 Å². The van der Waals surface area contributed by atoms with Crippen molar-refractivity contribution < 1.29 is 4.79 Å². The number of carbonyl (C=O) groups excluding carboxylic acids is 1. The summed E-state index contributed by atoms with van der Waals surface area (Å²) in [6, 6.07) is 0. The second-order valence-corrected chi connectivity index (χ2v) is 6.70. The van der Waals surface area contributed by atoms with Crippen molar-refractivity contribution in [3.05, 3.63) is 0 Å². The van der Waals surface area contributed by atoms with Crippen LogP contribution in [0, 0.1) is 17.3 Å². The van der Waals surface area contributed by atoms with Crippen LogP contribution in [0.1, 0.15) is 58.3 Å². The highest BCUT2D eigenvalue weighted by molar-refractivity contribution is 5.78. The second kappa shape index (κ2) is 6.05. The van der Waals surface area contributed by atoms with Crippen molar-refractivity contribution in [1.82, 2.24) is 5.32 Å². The van der Waals surface area contributed by atoms with E-state index >= 15 is 0 Å². The second-order valence-electron chi connectivity index (χ2n) is 6.70. The van der Waals surface area contributed by atoms with Gasteiger partial charge in [0.2, 0.25) is 5.91 Å². The Labute approximate surface area is 111 Å². The van der Waals surface area contributed by atoms with Crippen LogP contribution < -0.4 is 11.1 Å². The smallest absolute Gasteiger partial charge is 0.223 e. The van der Waals surface area contributed by atoms with Gasteiger partial charge in [0.1, 0.15) is 0 Å². The highest BCUT2D eigenvalue weighted by atomic mass is 16.1. The van der Waals surface area contributed by atoms with E-state index < -0.39 is 0 Å². The van der Waals surface area contributed by atoms with E-state index in [0.717, 1.165) is 32.4 Å². The molecule has 2 aliphatic rings. The maximum absolute atomic E-state index is 12.2. The first-order valence-electron chi connectivity index (χ1n) is 7.61. The molecule has 2 fully saturated rings. The number of nitrogens with one attached hydrogen (secondary N) is 1.